The number of benzene rings is 2. The van der Waals surface area contributed by atoms with Gasteiger partial charge in [-0.05, 0) is 55.3 Å². The van der Waals surface area contributed by atoms with Crippen LogP contribution >= 0.6 is 27.5 Å². The highest BCUT2D eigenvalue weighted by Gasteiger charge is 2.18. The van der Waals surface area contributed by atoms with Crippen LogP contribution in [-0.2, 0) is 10.0 Å². The molecule has 112 valence electrons. The summed E-state index contributed by atoms with van der Waals surface area (Å²) >= 11 is 9.26. The van der Waals surface area contributed by atoms with Crippen molar-refractivity contribution in [3.63, 3.8) is 0 Å². The van der Waals surface area contributed by atoms with Gasteiger partial charge in [0.1, 0.15) is 0 Å². The highest BCUT2D eigenvalue weighted by Crippen LogP contribution is 2.28. The van der Waals surface area contributed by atoms with E-state index in [-0.39, 0.29) is 10.6 Å². The molecule has 0 aromatic heterocycles. The molecule has 2 rings (SSSR count). The molecule has 0 bridgehead atoms. The molecule has 4 nitrogen and oxygen atoms in total. The molecule has 0 aliphatic carbocycles. The molecule has 0 aliphatic rings. The summed E-state index contributed by atoms with van der Waals surface area (Å²) in [6.07, 6.45) is 0. The lowest BCUT2D eigenvalue weighted by atomic mass is 10.2. The predicted molar refractivity (Wildman–Crippen MR) is 90.3 cm³/mol. The summed E-state index contributed by atoms with van der Waals surface area (Å²) in [7, 11) is -3.72. The first-order chi connectivity index (χ1) is 9.70. The van der Waals surface area contributed by atoms with Gasteiger partial charge in [0.15, 0.2) is 0 Å². The third-order valence-electron chi connectivity index (χ3n) is 2.99. The van der Waals surface area contributed by atoms with E-state index in [4.69, 9.17) is 17.3 Å². The molecule has 0 radical (unpaired) electrons. The van der Waals surface area contributed by atoms with Gasteiger partial charge in [-0.2, -0.15) is 0 Å². The van der Waals surface area contributed by atoms with Gasteiger partial charge in [0, 0.05) is 10.2 Å². The molecule has 3 N–H and O–H groups in total. The summed E-state index contributed by atoms with van der Waals surface area (Å²) in [5.74, 6) is 0. The van der Waals surface area contributed by atoms with E-state index in [1.807, 2.05) is 6.92 Å². The van der Waals surface area contributed by atoms with Gasteiger partial charge in [0.25, 0.3) is 10.0 Å². The number of anilines is 2. The van der Waals surface area contributed by atoms with Crippen LogP contribution in [0.15, 0.2) is 39.7 Å². The Hall–Kier alpha value is -1.24. The second-order valence-electron chi connectivity index (χ2n) is 4.71. The van der Waals surface area contributed by atoms with Gasteiger partial charge < -0.3 is 5.73 Å². The quantitative estimate of drug-likeness (QED) is 0.776. The first kappa shape index (κ1) is 16.1. The number of hydrogen-bond acceptors (Lipinski definition) is 3. The van der Waals surface area contributed by atoms with Crippen LogP contribution in [-0.4, -0.2) is 8.42 Å². The van der Waals surface area contributed by atoms with Crippen LogP contribution in [0, 0.1) is 13.8 Å². The van der Waals surface area contributed by atoms with Gasteiger partial charge in [0.2, 0.25) is 0 Å². The summed E-state index contributed by atoms with van der Waals surface area (Å²) in [4.78, 5) is 0.116. The molecule has 7 heteroatoms. The zero-order valence-electron chi connectivity index (χ0n) is 11.4. The Bertz CT molecular complexity index is 807. The molecule has 0 fully saturated rings. The molecule has 0 amide bonds. The van der Waals surface area contributed by atoms with Crippen molar-refractivity contribution < 1.29 is 8.42 Å². The summed E-state index contributed by atoms with van der Waals surface area (Å²) in [6, 6.07) is 8.12. The second-order valence-corrected chi connectivity index (χ2v) is 7.62. The molecule has 0 saturated carbocycles. The molecule has 0 aliphatic heterocycles. The Labute approximate surface area is 137 Å². The molecule has 0 atom stereocenters. The summed E-state index contributed by atoms with van der Waals surface area (Å²) in [5, 5.41) is 0.339. The first-order valence-corrected chi connectivity index (χ1v) is 8.71. The van der Waals surface area contributed by atoms with Crippen molar-refractivity contribution in [1.82, 2.24) is 0 Å². The minimum atomic E-state index is -3.72. The average molecular weight is 390 g/mol. The normalized spacial score (nSPS) is 11.4. The lowest BCUT2D eigenvalue weighted by Crippen LogP contribution is -2.14. The fourth-order valence-electron chi connectivity index (χ4n) is 1.88. The van der Waals surface area contributed by atoms with Gasteiger partial charge in [-0.1, -0.05) is 27.5 Å². The van der Waals surface area contributed by atoms with Crippen LogP contribution in [0.25, 0.3) is 0 Å². The van der Waals surface area contributed by atoms with E-state index in [1.165, 1.54) is 12.1 Å². The van der Waals surface area contributed by atoms with Crippen LogP contribution in [0.5, 0.6) is 0 Å². The van der Waals surface area contributed by atoms with Crippen LogP contribution in [0.3, 0.4) is 0 Å². The lowest BCUT2D eigenvalue weighted by Gasteiger charge is -2.12. The summed E-state index contributed by atoms with van der Waals surface area (Å²) in [5.41, 5.74) is 7.88. The fourth-order valence-corrected chi connectivity index (χ4v) is 3.65. The number of halogens is 2. The van der Waals surface area contributed by atoms with Gasteiger partial charge in [-0.15, -0.1) is 0 Å². The average Bonchev–Trinajstić information content (AvgIpc) is 2.37. The maximum absolute atomic E-state index is 12.5. The van der Waals surface area contributed by atoms with Crippen LogP contribution in [0.1, 0.15) is 11.1 Å². The summed E-state index contributed by atoms with van der Waals surface area (Å²) < 4.78 is 28.4. The largest absolute Gasteiger partial charge is 0.397 e. The number of aryl methyl sites for hydroxylation is 2. The number of hydrogen-bond donors (Lipinski definition) is 2. The lowest BCUT2D eigenvalue weighted by molar-refractivity contribution is 0.600. The van der Waals surface area contributed by atoms with Gasteiger partial charge in [0.05, 0.1) is 15.6 Å². The maximum Gasteiger partial charge on any atom is 0.262 e. The van der Waals surface area contributed by atoms with Crippen molar-refractivity contribution in [2.75, 3.05) is 10.5 Å². The highest BCUT2D eigenvalue weighted by atomic mass is 79.9. The van der Waals surface area contributed by atoms with Crippen molar-refractivity contribution in [3.05, 3.63) is 51.0 Å². The van der Waals surface area contributed by atoms with E-state index in [1.54, 1.807) is 25.1 Å². The van der Waals surface area contributed by atoms with Gasteiger partial charge in [-0.25, -0.2) is 8.42 Å². The maximum atomic E-state index is 12.5. The van der Waals surface area contributed by atoms with Crippen molar-refractivity contribution in [3.8, 4) is 0 Å². The predicted octanol–water partition coefficient (Wildman–Crippen LogP) is 4.10. The Morgan fingerprint density at radius 2 is 1.81 bits per heavy atom. The molecule has 2 aromatic carbocycles. The smallest absolute Gasteiger partial charge is 0.262 e. The Kier molecular flexibility index (Phi) is 4.51. The molecule has 0 spiro atoms. The third kappa shape index (κ3) is 3.51. The summed E-state index contributed by atoms with van der Waals surface area (Å²) in [6.45, 7) is 3.56. The zero-order chi connectivity index (χ0) is 15.8. The van der Waals surface area contributed by atoms with Gasteiger partial charge in [-0.3, -0.25) is 4.72 Å². The molecule has 0 saturated heterocycles. The van der Waals surface area contributed by atoms with E-state index in [9.17, 15) is 8.42 Å². The number of nitrogen functional groups attached to an aromatic ring is 1. The highest BCUT2D eigenvalue weighted by molar-refractivity contribution is 9.10. The fraction of sp³-hybridized carbons (Fsp3) is 0.143. The Morgan fingerprint density at radius 3 is 2.43 bits per heavy atom. The van der Waals surface area contributed by atoms with E-state index in [2.05, 4.69) is 20.7 Å². The third-order valence-corrected chi connectivity index (χ3v) is 5.73. The van der Waals surface area contributed by atoms with Crippen molar-refractivity contribution >= 4 is 48.9 Å². The molecule has 0 heterocycles. The number of nitrogens with two attached hydrogens (primary N) is 1. The van der Waals surface area contributed by atoms with Crippen LogP contribution in [0.4, 0.5) is 11.4 Å². The minimum absolute atomic E-state index is 0.116. The van der Waals surface area contributed by atoms with E-state index < -0.39 is 10.0 Å². The molecule has 0 unspecified atom stereocenters. The standard InChI is InChI=1S/C14H14BrClN2O2S/c1-8-5-10(3-4-11(8)15)18-21(19,20)14-7-13(17)12(16)6-9(14)2/h3-7,18H,17H2,1-2H3. The minimum Gasteiger partial charge on any atom is -0.397 e. The Morgan fingerprint density at radius 1 is 1.14 bits per heavy atom. The first-order valence-electron chi connectivity index (χ1n) is 6.05. The van der Waals surface area contributed by atoms with Crippen molar-refractivity contribution in [2.45, 2.75) is 18.7 Å². The number of rotatable bonds is 3. The molecular weight excluding hydrogens is 376 g/mol. The van der Waals surface area contributed by atoms with E-state index >= 15 is 0 Å². The van der Waals surface area contributed by atoms with Crippen molar-refractivity contribution in [1.29, 1.82) is 0 Å². The topological polar surface area (TPSA) is 72.2 Å². The number of nitrogens with one attached hydrogen (secondary N) is 1. The van der Waals surface area contributed by atoms with E-state index in [0.29, 0.717) is 16.3 Å². The van der Waals surface area contributed by atoms with E-state index in [0.717, 1.165) is 10.0 Å². The zero-order valence-corrected chi connectivity index (χ0v) is 14.6. The van der Waals surface area contributed by atoms with Crippen molar-refractivity contribution in [2.24, 2.45) is 0 Å². The monoisotopic (exact) mass is 388 g/mol. The number of sulfonamides is 1. The molecule has 21 heavy (non-hydrogen) atoms. The van der Waals surface area contributed by atoms with Crippen LogP contribution < -0.4 is 10.5 Å². The SMILES string of the molecule is Cc1cc(NS(=O)(=O)c2cc(N)c(Cl)cc2C)ccc1Br. The second kappa shape index (κ2) is 5.87. The van der Waals surface area contributed by atoms with Gasteiger partial charge >= 0.3 is 0 Å². The van der Waals surface area contributed by atoms with Crippen LogP contribution in [0.2, 0.25) is 5.02 Å². The Balaban J connectivity index is 2.43. The molecular formula is C14H14BrClN2O2S. The molecule has 2 aromatic rings.